The molecule has 0 bridgehead atoms. The Labute approximate surface area is 183 Å². The zero-order valence-corrected chi connectivity index (χ0v) is 18.8. The normalized spacial score (nSPS) is 12.1. The molecule has 0 radical (unpaired) electrons. The Balaban J connectivity index is 1.69. The van der Waals surface area contributed by atoms with Crippen LogP contribution < -0.4 is 13.9 Å². The Morgan fingerprint density at radius 1 is 0.839 bits per heavy atom. The van der Waals surface area contributed by atoms with Gasteiger partial charge >= 0.3 is 0 Å². The fourth-order valence-corrected chi connectivity index (χ4v) is 4.24. The molecule has 0 fully saturated rings. The van der Waals surface area contributed by atoms with Gasteiger partial charge in [0.05, 0.1) is 10.6 Å². The van der Waals surface area contributed by atoms with E-state index in [-0.39, 0.29) is 10.8 Å². The lowest BCUT2D eigenvalue weighted by Gasteiger charge is -2.23. The van der Waals surface area contributed by atoms with Crippen LogP contribution in [-0.2, 0) is 14.8 Å². The third kappa shape index (κ3) is 5.06. The van der Waals surface area contributed by atoms with Gasteiger partial charge in [-0.1, -0.05) is 35.9 Å². The highest BCUT2D eigenvalue weighted by Crippen LogP contribution is 2.25. The first-order valence-electron chi connectivity index (χ1n) is 9.85. The van der Waals surface area contributed by atoms with E-state index in [4.69, 9.17) is 4.74 Å². The van der Waals surface area contributed by atoms with Crippen molar-refractivity contribution in [3.05, 3.63) is 84.4 Å². The fourth-order valence-electron chi connectivity index (χ4n) is 3.05. The van der Waals surface area contributed by atoms with Crippen LogP contribution in [-0.4, -0.2) is 34.5 Å². The predicted molar refractivity (Wildman–Crippen MR) is 123 cm³/mol. The first-order valence-corrected chi connectivity index (χ1v) is 11.3. The number of benzene rings is 3. The van der Waals surface area contributed by atoms with Gasteiger partial charge in [0.25, 0.3) is 15.9 Å². The van der Waals surface area contributed by atoms with Gasteiger partial charge in [-0.3, -0.25) is 9.10 Å². The van der Waals surface area contributed by atoms with Crippen LogP contribution in [0.1, 0.15) is 12.5 Å². The van der Waals surface area contributed by atoms with Crippen LogP contribution in [0, 0.1) is 6.92 Å². The van der Waals surface area contributed by atoms with Crippen molar-refractivity contribution < 1.29 is 17.9 Å². The molecule has 162 valence electrons. The van der Waals surface area contributed by atoms with E-state index < -0.39 is 16.1 Å². The van der Waals surface area contributed by atoms with Gasteiger partial charge in [-0.15, -0.1) is 0 Å². The Morgan fingerprint density at radius 3 is 2.00 bits per heavy atom. The van der Waals surface area contributed by atoms with Gasteiger partial charge in [0.15, 0.2) is 6.10 Å². The first-order chi connectivity index (χ1) is 14.7. The van der Waals surface area contributed by atoms with E-state index in [2.05, 4.69) is 0 Å². The quantitative estimate of drug-likeness (QED) is 0.553. The van der Waals surface area contributed by atoms with Crippen molar-refractivity contribution in [1.29, 1.82) is 0 Å². The summed E-state index contributed by atoms with van der Waals surface area (Å²) in [7, 11) is -0.462. The summed E-state index contributed by atoms with van der Waals surface area (Å²) in [5.74, 6) is 0.293. The molecule has 3 aromatic carbocycles. The van der Waals surface area contributed by atoms with E-state index in [0.717, 1.165) is 11.3 Å². The summed E-state index contributed by atoms with van der Waals surface area (Å²) in [5, 5.41) is 0. The summed E-state index contributed by atoms with van der Waals surface area (Å²) in [4.78, 5) is 14.4. The molecule has 1 atom stereocenters. The molecule has 0 N–H and O–H groups in total. The zero-order chi connectivity index (χ0) is 22.6. The van der Waals surface area contributed by atoms with Gasteiger partial charge in [-0.25, -0.2) is 8.42 Å². The number of carbonyl (C=O) groups is 1. The van der Waals surface area contributed by atoms with Crippen LogP contribution in [0.15, 0.2) is 83.8 Å². The maximum atomic E-state index is 12.9. The molecule has 0 aliphatic heterocycles. The molecule has 0 saturated carbocycles. The lowest BCUT2D eigenvalue weighted by atomic mass is 10.2. The van der Waals surface area contributed by atoms with Crippen molar-refractivity contribution in [2.75, 3.05) is 23.3 Å². The Bertz CT molecular complexity index is 1130. The number of rotatable bonds is 7. The van der Waals surface area contributed by atoms with Crippen molar-refractivity contribution in [3.63, 3.8) is 0 Å². The number of hydrogen-bond donors (Lipinski definition) is 0. The average Bonchev–Trinajstić information content (AvgIpc) is 2.79. The third-order valence-corrected chi connectivity index (χ3v) is 6.81. The highest BCUT2D eigenvalue weighted by molar-refractivity contribution is 7.92. The molecule has 3 aromatic rings. The van der Waals surface area contributed by atoms with Gasteiger partial charge in [0.2, 0.25) is 0 Å². The van der Waals surface area contributed by atoms with Gasteiger partial charge in [-0.05, 0) is 62.4 Å². The number of likely N-dealkylation sites (N-methyl/N-ethyl adjacent to an activating group) is 1. The van der Waals surface area contributed by atoms with Crippen LogP contribution in [0.2, 0.25) is 0 Å². The number of hydrogen-bond acceptors (Lipinski definition) is 4. The SMILES string of the molecule is Cc1ccc(S(=O)(=O)N(C)c2ccc(O[C@@H](C)C(=O)N(C)c3ccccc3)cc2)cc1. The van der Waals surface area contributed by atoms with Crippen molar-refractivity contribution >= 4 is 27.3 Å². The van der Waals surface area contributed by atoms with Crippen LogP contribution in [0.3, 0.4) is 0 Å². The topological polar surface area (TPSA) is 66.9 Å². The second-order valence-electron chi connectivity index (χ2n) is 7.27. The standard InChI is InChI=1S/C24H26N2O4S/c1-18-10-16-23(17-11-18)31(28,29)26(4)21-12-14-22(15-13-21)30-19(2)24(27)25(3)20-8-6-5-7-9-20/h5-17,19H,1-4H3/t19-/m0/s1. The highest BCUT2D eigenvalue weighted by Gasteiger charge is 2.22. The molecule has 3 rings (SSSR count). The monoisotopic (exact) mass is 438 g/mol. The molecule has 0 aliphatic carbocycles. The predicted octanol–water partition coefficient (Wildman–Crippen LogP) is 4.25. The molecule has 0 aliphatic rings. The fraction of sp³-hybridized carbons (Fsp3) is 0.208. The maximum Gasteiger partial charge on any atom is 0.267 e. The molecule has 0 saturated heterocycles. The molecule has 31 heavy (non-hydrogen) atoms. The molecule has 0 heterocycles. The number of anilines is 2. The molecular formula is C24H26N2O4S. The van der Waals surface area contributed by atoms with Crippen molar-refractivity contribution in [2.45, 2.75) is 24.8 Å². The summed E-state index contributed by atoms with van der Waals surface area (Å²) < 4.78 is 32.7. The van der Waals surface area contributed by atoms with Crippen molar-refractivity contribution in [1.82, 2.24) is 0 Å². The molecule has 1 amide bonds. The van der Waals surface area contributed by atoms with Crippen LogP contribution in [0.5, 0.6) is 5.75 Å². The van der Waals surface area contributed by atoms with E-state index in [9.17, 15) is 13.2 Å². The second kappa shape index (κ2) is 9.22. The van der Waals surface area contributed by atoms with Gasteiger partial charge in [0.1, 0.15) is 5.75 Å². The highest BCUT2D eigenvalue weighted by atomic mass is 32.2. The van der Waals surface area contributed by atoms with Crippen LogP contribution >= 0.6 is 0 Å². The molecule has 0 spiro atoms. The summed E-state index contributed by atoms with van der Waals surface area (Å²) in [6.45, 7) is 3.59. The van der Waals surface area contributed by atoms with Gasteiger partial charge < -0.3 is 9.64 Å². The molecule has 0 aromatic heterocycles. The van der Waals surface area contributed by atoms with E-state index in [0.29, 0.717) is 11.4 Å². The largest absolute Gasteiger partial charge is 0.481 e. The van der Waals surface area contributed by atoms with Gasteiger partial charge in [-0.2, -0.15) is 0 Å². The van der Waals surface area contributed by atoms with E-state index in [1.807, 2.05) is 37.3 Å². The lowest BCUT2D eigenvalue weighted by molar-refractivity contribution is -0.124. The lowest BCUT2D eigenvalue weighted by Crippen LogP contribution is -2.38. The Morgan fingerprint density at radius 2 is 1.42 bits per heavy atom. The molecule has 6 nitrogen and oxygen atoms in total. The maximum absolute atomic E-state index is 12.9. The Hall–Kier alpha value is -3.32. The Kier molecular flexibility index (Phi) is 6.65. The number of nitrogens with zero attached hydrogens (tertiary/aromatic N) is 2. The summed E-state index contributed by atoms with van der Waals surface area (Å²) in [5.41, 5.74) is 2.26. The summed E-state index contributed by atoms with van der Waals surface area (Å²) in [6, 6.07) is 22.7. The number of aryl methyl sites for hydroxylation is 1. The second-order valence-corrected chi connectivity index (χ2v) is 9.24. The smallest absolute Gasteiger partial charge is 0.267 e. The minimum atomic E-state index is -3.67. The molecule has 7 heteroatoms. The van der Waals surface area contributed by atoms with Crippen molar-refractivity contribution in [3.8, 4) is 5.75 Å². The van der Waals surface area contributed by atoms with E-state index in [1.165, 1.54) is 11.4 Å². The molecular weight excluding hydrogens is 412 g/mol. The van der Waals surface area contributed by atoms with Crippen LogP contribution in [0.25, 0.3) is 0 Å². The van der Waals surface area contributed by atoms with Crippen LogP contribution in [0.4, 0.5) is 11.4 Å². The zero-order valence-electron chi connectivity index (χ0n) is 18.0. The van der Waals surface area contributed by atoms with Crippen molar-refractivity contribution in [2.24, 2.45) is 0 Å². The number of para-hydroxylation sites is 1. The molecule has 0 unspecified atom stereocenters. The average molecular weight is 439 g/mol. The number of amides is 1. The minimum Gasteiger partial charge on any atom is -0.481 e. The van der Waals surface area contributed by atoms with E-state index in [1.54, 1.807) is 67.4 Å². The number of ether oxygens (including phenoxy) is 1. The minimum absolute atomic E-state index is 0.186. The first kappa shape index (κ1) is 22.4. The third-order valence-electron chi connectivity index (χ3n) is 5.01. The van der Waals surface area contributed by atoms with Gasteiger partial charge in [0, 0.05) is 19.8 Å². The van der Waals surface area contributed by atoms with E-state index >= 15 is 0 Å². The summed E-state index contributed by atoms with van der Waals surface area (Å²) in [6.07, 6.45) is -0.704. The number of carbonyl (C=O) groups excluding carboxylic acids is 1. The summed E-state index contributed by atoms with van der Waals surface area (Å²) >= 11 is 0. The number of sulfonamides is 1.